The first-order chi connectivity index (χ1) is 14.2. The van der Waals surface area contributed by atoms with Crippen LogP contribution in [0.15, 0.2) is 42.5 Å². The average molecular weight is 407 g/mol. The van der Waals surface area contributed by atoms with Gasteiger partial charge in [0.25, 0.3) is 11.8 Å². The van der Waals surface area contributed by atoms with E-state index in [1.54, 1.807) is 36.4 Å². The third-order valence-electron chi connectivity index (χ3n) is 5.28. The molecule has 0 bridgehead atoms. The number of hydrogen-bond acceptors (Lipinski definition) is 5. The van der Waals surface area contributed by atoms with Crippen molar-refractivity contribution in [2.24, 2.45) is 5.92 Å². The number of ketones is 1. The van der Waals surface area contributed by atoms with Gasteiger partial charge in [0.2, 0.25) is 0 Å². The lowest BCUT2D eigenvalue weighted by molar-refractivity contribution is -0.147. The standard InChI is InChI=1S/C24H25NO5/c1-14(2)11-20(25-22(27)18-7-5-6-8-19(18)23(25)28)24(29)30-13-21(26)17-10-9-15(3)16(4)12-17/h5-10,12,14,20H,11,13H2,1-4H3/t20-/m1/s1. The number of hydrogen-bond donors (Lipinski definition) is 0. The van der Waals surface area contributed by atoms with Gasteiger partial charge in [0.05, 0.1) is 11.1 Å². The highest BCUT2D eigenvalue weighted by atomic mass is 16.5. The highest BCUT2D eigenvalue weighted by Crippen LogP contribution is 2.27. The Bertz CT molecular complexity index is 989. The average Bonchev–Trinajstić information content (AvgIpc) is 2.96. The number of esters is 1. The Balaban J connectivity index is 1.76. The molecule has 2 aromatic carbocycles. The molecule has 6 heteroatoms. The normalized spacial score (nSPS) is 14.1. The number of imide groups is 1. The van der Waals surface area contributed by atoms with Crippen LogP contribution in [-0.4, -0.2) is 41.1 Å². The van der Waals surface area contributed by atoms with Gasteiger partial charge in [-0.25, -0.2) is 4.79 Å². The predicted molar refractivity (Wildman–Crippen MR) is 111 cm³/mol. The molecule has 2 amide bonds. The summed E-state index contributed by atoms with van der Waals surface area (Å²) in [5.74, 6) is -2.09. The van der Waals surface area contributed by atoms with E-state index < -0.39 is 30.4 Å². The summed E-state index contributed by atoms with van der Waals surface area (Å²) in [5, 5.41) is 0. The van der Waals surface area contributed by atoms with Crippen molar-refractivity contribution < 1.29 is 23.9 Å². The molecule has 30 heavy (non-hydrogen) atoms. The quantitative estimate of drug-likeness (QED) is 0.397. The van der Waals surface area contributed by atoms with Crippen molar-refractivity contribution in [2.45, 2.75) is 40.2 Å². The molecule has 1 aliphatic rings. The molecule has 2 aromatic rings. The van der Waals surface area contributed by atoms with Crippen molar-refractivity contribution in [1.82, 2.24) is 4.90 Å². The molecule has 6 nitrogen and oxygen atoms in total. The number of carbonyl (C=O) groups excluding carboxylic acids is 4. The van der Waals surface area contributed by atoms with Crippen molar-refractivity contribution in [3.63, 3.8) is 0 Å². The molecule has 1 heterocycles. The SMILES string of the molecule is Cc1ccc(C(=O)COC(=O)[C@@H](CC(C)C)N2C(=O)c3ccccc3C2=O)cc1C. The van der Waals surface area contributed by atoms with Crippen molar-refractivity contribution in [3.05, 3.63) is 70.3 Å². The zero-order valence-corrected chi connectivity index (χ0v) is 17.6. The lowest BCUT2D eigenvalue weighted by Gasteiger charge is -2.25. The summed E-state index contributed by atoms with van der Waals surface area (Å²) in [5.41, 5.74) is 3.03. The van der Waals surface area contributed by atoms with Gasteiger partial charge < -0.3 is 4.74 Å². The van der Waals surface area contributed by atoms with Crippen LogP contribution in [0, 0.1) is 19.8 Å². The fourth-order valence-corrected chi connectivity index (χ4v) is 3.48. The van der Waals surface area contributed by atoms with Crippen LogP contribution in [0.25, 0.3) is 0 Å². The first-order valence-corrected chi connectivity index (χ1v) is 9.94. The number of rotatable bonds is 7. The number of Topliss-reactive ketones (excluding diaryl/α,β-unsaturated/α-hetero) is 1. The van der Waals surface area contributed by atoms with Gasteiger partial charge in [-0.1, -0.05) is 38.1 Å². The highest BCUT2D eigenvalue weighted by Gasteiger charge is 2.43. The molecular formula is C24H25NO5. The minimum Gasteiger partial charge on any atom is -0.456 e. The van der Waals surface area contributed by atoms with Gasteiger partial charge >= 0.3 is 5.97 Å². The van der Waals surface area contributed by atoms with E-state index in [2.05, 4.69) is 0 Å². The molecule has 0 spiro atoms. The summed E-state index contributed by atoms with van der Waals surface area (Å²) < 4.78 is 5.26. The zero-order chi connectivity index (χ0) is 22.0. The van der Waals surface area contributed by atoms with Crippen molar-refractivity contribution in [2.75, 3.05) is 6.61 Å². The van der Waals surface area contributed by atoms with Gasteiger partial charge in [0.15, 0.2) is 12.4 Å². The zero-order valence-electron chi connectivity index (χ0n) is 17.6. The van der Waals surface area contributed by atoms with Crippen LogP contribution in [0.5, 0.6) is 0 Å². The maximum absolute atomic E-state index is 12.8. The van der Waals surface area contributed by atoms with Crippen LogP contribution in [-0.2, 0) is 9.53 Å². The number of benzene rings is 2. The van der Waals surface area contributed by atoms with E-state index in [0.29, 0.717) is 5.56 Å². The fourth-order valence-electron chi connectivity index (χ4n) is 3.48. The van der Waals surface area contributed by atoms with E-state index in [1.807, 2.05) is 33.8 Å². The summed E-state index contributed by atoms with van der Waals surface area (Å²) in [6.45, 7) is 7.18. The molecule has 0 N–H and O–H groups in total. The summed E-state index contributed by atoms with van der Waals surface area (Å²) in [6.07, 6.45) is 0.252. The van der Waals surface area contributed by atoms with Gasteiger partial charge in [0.1, 0.15) is 6.04 Å². The molecule has 0 saturated heterocycles. The third kappa shape index (κ3) is 4.17. The van der Waals surface area contributed by atoms with Gasteiger partial charge in [-0.15, -0.1) is 0 Å². The third-order valence-corrected chi connectivity index (χ3v) is 5.28. The topological polar surface area (TPSA) is 80.8 Å². The molecule has 0 aliphatic carbocycles. The molecule has 1 aliphatic heterocycles. The number of carbonyl (C=O) groups is 4. The Hall–Kier alpha value is -3.28. The minimum absolute atomic E-state index is 0.0299. The van der Waals surface area contributed by atoms with Crippen molar-refractivity contribution in [1.29, 1.82) is 0 Å². The summed E-state index contributed by atoms with van der Waals surface area (Å²) in [7, 11) is 0. The number of fused-ring (bicyclic) bond motifs is 1. The first-order valence-electron chi connectivity index (χ1n) is 9.94. The minimum atomic E-state index is -1.08. The summed E-state index contributed by atoms with van der Waals surface area (Å²) in [4.78, 5) is 51.9. The molecule has 3 rings (SSSR count). The Morgan fingerprint density at radius 1 is 0.933 bits per heavy atom. The number of nitrogens with zero attached hydrogens (tertiary/aromatic N) is 1. The van der Waals surface area contributed by atoms with E-state index in [4.69, 9.17) is 4.74 Å². The lowest BCUT2D eigenvalue weighted by atomic mass is 10.0. The monoisotopic (exact) mass is 407 g/mol. The highest BCUT2D eigenvalue weighted by molar-refractivity contribution is 6.22. The number of ether oxygens (including phenoxy) is 1. The molecule has 0 radical (unpaired) electrons. The lowest BCUT2D eigenvalue weighted by Crippen LogP contribution is -2.46. The molecule has 0 saturated carbocycles. The molecule has 0 aromatic heterocycles. The number of aryl methyl sites for hydroxylation is 2. The van der Waals surface area contributed by atoms with Crippen LogP contribution >= 0.6 is 0 Å². The van der Waals surface area contributed by atoms with E-state index >= 15 is 0 Å². The Labute approximate surface area is 175 Å². The second-order valence-corrected chi connectivity index (χ2v) is 8.00. The second-order valence-electron chi connectivity index (χ2n) is 8.00. The van der Waals surface area contributed by atoms with Crippen LogP contribution in [0.2, 0.25) is 0 Å². The van der Waals surface area contributed by atoms with Gasteiger partial charge in [-0.05, 0) is 55.5 Å². The van der Waals surface area contributed by atoms with Crippen LogP contribution < -0.4 is 0 Å². The van der Waals surface area contributed by atoms with Crippen molar-refractivity contribution in [3.8, 4) is 0 Å². The summed E-state index contributed by atoms with van der Waals surface area (Å²) in [6, 6.07) is 10.7. The van der Waals surface area contributed by atoms with Gasteiger partial charge in [-0.3, -0.25) is 19.3 Å². The summed E-state index contributed by atoms with van der Waals surface area (Å²) >= 11 is 0. The predicted octanol–water partition coefficient (Wildman–Crippen LogP) is 3.74. The smallest absolute Gasteiger partial charge is 0.329 e. The van der Waals surface area contributed by atoms with E-state index in [0.717, 1.165) is 16.0 Å². The number of amides is 2. The largest absolute Gasteiger partial charge is 0.456 e. The first kappa shape index (κ1) is 21.4. The maximum Gasteiger partial charge on any atom is 0.329 e. The molecule has 156 valence electrons. The van der Waals surface area contributed by atoms with Gasteiger partial charge in [-0.2, -0.15) is 0 Å². The molecule has 0 unspecified atom stereocenters. The van der Waals surface area contributed by atoms with Crippen LogP contribution in [0.4, 0.5) is 0 Å². The van der Waals surface area contributed by atoms with E-state index in [9.17, 15) is 19.2 Å². The van der Waals surface area contributed by atoms with Crippen molar-refractivity contribution >= 4 is 23.6 Å². The maximum atomic E-state index is 12.8. The Morgan fingerprint density at radius 2 is 1.53 bits per heavy atom. The fraction of sp³-hybridized carbons (Fsp3) is 0.333. The second kappa shape index (κ2) is 8.61. The van der Waals surface area contributed by atoms with Crippen LogP contribution in [0.3, 0.4) is 0 Å². The van der Waals surface area contributed by atoms with Gasteiger partial charge in [0, 0.05) is 5.56 Å². The Morgan fingerprint density at radius 3 is 2.07 bits per heavy atom. The van der Waals surface area contributed by atoms with E-state index in [1.165, 1.54) is 0 Å². The molecule has 0 fully saturated rings. The Kier molecular flexibility index (Phi) is 6.15. The molecule has 1 atom stereocenters. The van der Waals surface area contributed by atoms with Crippen LogP contribution in [0.1, 0.15) is 62.5 Å². The van der Waals surface area contributed by atoms with E-state index in [-0.39, 0.29) is 29.2 Å². The molecular weight excluding hydrogens is 382 g/mol.